The zero-order valence-corrected chi connectivity index (χ0v) is 10.1. The van der Waals surface area contributed by atoms with Crippen molar-refractivity contribution in [2.24, 2.45) is 0 Å². The van der Waals surface area contributed by atoms with Crippen LogP contribution in [0, 0.1) is 0 Å². The smallest absolute Gasteiger partial charge is 0.118 e. The van der Waals surface area contributed by atoms with Crippen LogP contribution in [0.5, 0.6) is 0 Å². The van der Waals surface area contributed by atoms with Gasteiger partial charge < -0.3 is 9.73 Å². The van der Waals surface area contributed by atoms with E-state index in [4.69, 9.17) is 4.42 Å². The standard InChI is InChI=1S/C13H20N2O/c1-11-5-7-15(8-6-11)10-13-4-3-12(16-13)9-14-2/h3-5,14H,6-10H2,1-2H3. The number of nitrogens with one attached hydrogen (secondary N) is 1. The monoisotopic (exact) mass is 220 g/mol. The van der Waals surface area contributed by atoms with Crippen LogP contribution in [-0.4, -0.2) is 25.0 Å². The van der Waals surface area contributed by atoms with Gasteiger partial charge in [-0.25, -0.2) is 0 Å². The van der Waals surface area contributed by atoms with Crippen molar-refractivity contribution in [2.75, 3.05) is 20.1 Å². The largest absolute Gasteiger partial charge is 0.463 e. The number of hydrogen-bond acceptors (Lipinski definition) is 3. The zero-order chi connectivity index (χ0) is 11.4. The molecule has 2 heterocycles. The van der Waals surface area contributed by atoms with Gasteiger partial charge in [-0.2, -0.15) is 0 Å². The van der Waals surface area contributed by atoms with Gasteiger partial charge in [0, 0.05) is 13.1 Å². The summed E-state index contributed by atoms with van der Waals surface area (Å²) in [5.74, 6) is 2.08. The van der Waals surface area contributed by atoms with Gasteiger partial charge in [-0.3, -0.25) is 4.90 Å². The van der Waals surface area contributed by atoms with Gasteiger partial charge in [-0.1, -0.05) is 11.6 Å². The van der Waals surface area contributed by atoms with Crippen LogP contribution < -0.4 is 5.32 Å². The highest BCUT2D eigenvalue weighted by molar-refractivity contribution is 5.09. The Hall–Kier alpha value is -1.06. The van der Waals surface area contributed by atoms with Gasteiger partial charge in [-0.15, -0.1) is 0 Å². The minimum Gasteiger partial charge on any atom is -0.463 e. The van der Waals surface area contributed by atoms with E-state index in [0.717, 1.165) is 37.7 Å². The van der Waals surface area contributed by atoms with E-state index in [9.17, 15) is 0 Å². The molecule has 1 aromatic heterocycles. The molecule has 3 heteroatoms. The molecule has 0 aliphatic carbocycles. The van der Waals surface area contributed by atoms with E-state index >= 15 is 0 Å². The third kappa shape index (κ3) is 2.97. The molecule has 1 aliphatic rings. The Bertz CT molecular complexity index is 368. The van der Waals surface area contributed by atoms with Gasteiger partial charge >= 0.3 is 0 Å². The van der Waals surface area contributed by atoms with Gasteiger partial charge in [0.1, 0.15) is 11.5 Å². The zero-order valence-electron chi connectivity index (χ0n) is 10.1. The molecule has 0 unspecified atom stereocenters. The summed E-state index contributed by atoms with van der Waals surface area (Å²) in [5, 5.41) is 3.09. The van der Waals surface area contributed by atoms with E-state index in [1.54, 1.807) is 0 Å². The first kappa shape index (κ1) is 11.4. The minimum absolute atomic E-state index is 0.805. The van der Waals surface area contributed by atoms with E-state index in [2.05, 4.69) is 35.3 Å². The van der Waals surface area contributed by atoms with E-state index in [1.807, 2.05) is 7.05 Å². The number of nitrogens with zero attached hydrogens (tertiary/aromatic N) is 1. The molecule has 1 N–H and O–H groups in total. The van der Waals surface area contributed by atoms with Crippen LogP contribution in [0.15, 0.2) is 28.2 Å². The fraction of sp³-hybridized carbons (Fsp3) is 0.538. The van der Waals surface area contributed by atoms with E-state index in [0.29, 0.717) is 0 Å². The van der Waals surface area contributed by atoms with Crippen molar-refractivity contribution in [2.45, 2.75) is 26.4 Å². The highest BCUT2D eigenvalue weighted by Gasteiger charge is 2.11. The average Bonchev–Trinajstić information content (AvgIpc) is 2.70. The fourth-order valence-electron chi connectivity index (χ4n) is 1.95. The molecule has 3 nitrogen and oxygen atoms in total. The lowest BCUT2D eigenvalue weighted by Crippen LogP contribution is -2.27. The SMILES string of the molecule is CNCc1ccc(CN2CC=C(C)CC2)o1. The van der Waals surface area contributed by atoms with Crippen LogP contribution in [0.25, 0.3) is 0 Å². The Balaban J connectivity index is 1.89. The molecule has 0 aromatic carbocycles. The molecule has 0 saturated carbocycles. The minimum atomic E-state index is 0.805. The highest BCUT2D eigenvalue weighted by atomic mass is 16.3. The first-order valence-corrected chi connectivity index (χ1v) is 5.88. The van der Waals surface area contributed by atoms with Crippen molar-refractivity contribution in [1.82, 2.24) is 10.2 Å². The predicted octanol–water partition coefficient (Wildman–Crippen LogP) is 2.15. The third-order valence-corrected chi connectivity index (χ3v) is 2.97. The molecule has 0 atom stereocenters. The first-order chi connectivity index (χ1) is 7.78. The van der Waals surface area contributed by atoms with Crippen LogP contribution in [0.2, 0.25) is 0 Å². The number of rotatable bonds is 4. The molecule has 0 saturated heterocycles. The molecule has 16 heavy (non-hydrogen) atoms. The normalized spacial score (nSPS) is 17.5. The maximum atomic E-state index is 5.73. The fourth-order valence-corrected chi connectivity index (χ4v) is 1.95. The van der Waals surface area contributed by atoms with Crippen molar-refractivity contribution in [1.29, 1.82) is 0 Å². The first-order valence-electron chi connectivity index (χ1n) is 5.88. The molecule has 0 radical (unpaired) electrons. The molecular weight excluding hydrogens is 200 g/mol. The maximum absolute atomic E-state index is 5.73. The summed E-state index contributed by atoms with van der Waals surface area (Å²) in [4.78, 5) is 2.41. The lowest BCUT2D eigenvalue weighted by atomic mass is 10.1. The molecule has 2 rings (SSSR count). The van der Waals surface area contributed by atoms with E-state index in [-0.39, 0.29) is 0 Å². The lowest BCUT2D eigenvalue weighted by Gasteiger charge is -2.23. The summed E-state index contributed by atoms with van der Waals surface area (Å²) < 4.78 is 5.73. The van der Waals surface area contributed by atoms with Gasteiger partial charge in [0.05, 0.1) is 13.1 Å². The van der Waals surface area contributed by atoms with Crippen LogP contribution >= 0.6 is 0 Å². The number of hydrogen-bond donors (Lipinski definition) is 1. The van der Waals surface area contributed by atoms with Crippen molar-refractivity contribution >= 4 is 0 Å². The lowest BCUT2D eigenvalue weighted by molar-refractivity contribution is 0.257. The second kappa shape index (κ2) is 5.32. The average molecular weight is 220 g/mol. The molecule has 0 amide bonds. The summed E-state index contributed by atoms with van der Waals surface area (Å²) in [6.45, 7) is 6.13. The van der Waals surface area contributed by atoms with Crippen LogP contribution in [0.1, 0.15) is 24.9 Å². The summed E-state index contributed by atoms with van der Waals surface area (Å²) >= 11 is 0. The second-order valence-electron chi connectivity index (χ2n) is 4.43. The van der Waals surface area contributed by atoms with Crippen LogP contribution in [0.4, 0.5) is 0 Å². The summed E-state index contributed by atoms with van der Waals surface area (Å²) in [7, 11) is 1.93. The second-order valence-corrected chi connectivity index (χ2v) is 4.43. The molecule has 0 fully saturated rings. The Morgan fingerprint density at radius 3 is 2.88 bits per heavy atom. The molecule has 1 aliphatic heterocycles. The quantitative estimate of drug-likeness (QED) is 0.788. The predicted molar refractivity (Wildman–Crippen MR) is 65.1 cm³/mol. The highest BCUT2D eigenvalue weighted by Crippen LogP contribution is 2.15. The van der Waals surface area contributed by atoms with Crippen molar-refractivity contribution < 1.29 is 4.42 Å². The van der Waals surface area contributed by atoms with Crippen LogP contribution in [0.3, 0.4) is 0 Å². The van der Waals surface area contributed by atoms with Gasteiger partial charge in [0.2, 0.25) is 0 Å². The molecule has 88 valence electrons. The summed E-state index contributed by atoms with van der Waals surface area (Å²) in [6.07, 6.45) is 3.49. The number of furan rings is 1. The molecule has 0 bridgehead atoms. The van der Waals surface area contributed by atoms with E-state index < -0.39 is 0 Å². The van der Waals surface area contributed by atoms with Gasteiger partial charge in [-0.05, 0) is 32.5 Å². The molecule has 0 spiro atoms. The molecule has 1 aromatic rings. The van der Waals surface area contributed by atoms with Crippen molar-refractivity contribution in [3.63, 3.8) is 0 Å². The van der Waals surface area contributed by atoms with Crippen molar-refractivity contribution in [3.05, 3.63) is 35.3 Å². The Labute approximate surface area is 97.1 Å². The van der Waals surface area contributed by atoms with E-state index in [1.165, 1.54) is 12.0 Å². The topological polar surface area (TPSA) is 28.4 Å². The summed E-state index contributed by atoms with van der Waals surface area (Å²) in [5.41, 5.74) is 1.51. The Morgan fingerprint density at radius 2 is 2.19 bits per heavy atom. The van der Waals surface area contributed by atoms with Crippen molar-refractivity contribution in [3.8, 4) is 0 Å². The third-order valence-electron chi connectivity index (χ3n) is 2.97. The van der Waals surface area contributed by atoms with Crippen LogP contribution in [-0.2, 0) is 13.1 Å². The maximum Gasteiger partial charge on any atom is 0.118 e. The van der Waals surface area contributed by atoms with Gasteiger partial charge in [0.15, 0.2) is 0 Å². The molecular formula is C13H20N2O. The Kier molecular flexibility index (Phi) is 3.80. The Morgan fingerprint density at radius 1 is 1.38 bits per heavy atom. The van der Waals surface area contributed by atoms with Gasteiger partial charge in [0.25, 0.3) is 0 Å². The summed E-state index contributed by atoms with van der Waals surface area (Å²) in [6, 6.07) is 4.13.